The van der Waals surface area contributed by atoms with Crippen LogP contribution in [-0.4, -0.2) is 48.4 Å². The number of hydrogen-bond acceptors (Lipinski definition) is 4. The molecule has 172 valence electrons. The Balaban J connectivity index is 1.74. The molecule has 0 saturated carbocycles. The summed E-state index contributed by atoms with van der Waals surface area (Å²) < 4.78 is 18.5. The lowest BCUT2D eigenvalue weighted by Gasteiger charge is -2.27. The molecule has 7 heteroatoms. The van der Waals surface area contributed by atoms with Crippen LogP contribution in [0.3, 0.4) is 0 Å². The average Bonchev–Trinajstić information content (AvgIpc) is 3.35. The van der Waals surface area contributed by atoms with E-state index in [1.807, 2.05) is 47.8 Å². The van der Waals surface area contributed by atoms with Crippen LogP contribution in [0.15, 0.2) is 78.2 Å². The van der Waals surface area contributed by atoms with Crippen molar-refractivity contribution in [1.82, 2.24) is 9.80 Å². The fourth-order valence-corrected chi connectivity index (χ4v) is 3.92. The van der Waals surface area contributed by atoms with Crippen LogP contribution in [0.4, 0.5) is 4.39 Å². The van der Waals surface area contributed by atoms with Crippen LogP contribution in [0.5, 0.6) is 0 Å². The van der Waals surface area contributed by atoms with Crippen LogP contribution in [0.2, 0.25) is 0 Å². The second kappa shape index (κ2) is 12.7. The van der Waals surface area contributed by atoms with Crippen molar-refractivity contribution >= 4 is 29.2 Å². The molecule has 33 heavy (non-hydrogen) atoms. The fourth-order valence-electron chi connectivity index (χ4n) is 3.20. The number of carbonyl (C=O) groups excluding carboxylic acids is 2. The van der Waals surface area contributed by atoms with Gasteiger partial charge in [-0.3, -0.25) is 9.59 Å². The Bertz CT molecular complexity index is 1040. The summed E-state index contributed by atoms with van der Waals surface area (Å²) in [5.74, 6) is -0.774. The summed E-state index contributed by atoms with van der Waals surface area (Å²) in [6.07, 6.45) is 3.20. The number of carbonyl (C=O) groups is 2. The second-order valence-electron chi connectivity index (χ2n) is 7.45. The zero-order chi connectivity index (χ0) is 23.5. The summed E-state index contributed by atoms with van der Waals surface area (Å²) in [5, 5.41) is 1.96. The van der Waals surface area contributed by atoms with Gasteiger partial charge >= 0.3 is 0 Å². The van der Waals surface area contributed by atoms with Gasteiger partial charge < -0.3 is 14.5 Å². The van der Waals surface area contributed by atoms with Crippen LogP contribution in [0, 0.1) is 5.82 Å². The lowest BCUT2D eigenvalue weighted by atomic mass is 10.2. The summed E-state index contributed by atoms with van der Waals surface area (Å²) in [5.41, 5.74) is 1.72. The van der Waals surface area contributed by atoms with E-state index in [0.717, 1.165) is 16.0 Å². The van der Waals surface area contributed by atoms with Gasteiger partial charge in [0, 0.05) is 31.2 Å². The summed E-state index contributed by atoms with van der Waals surface area (Å²) in [6, 6.07) is 19.5. The first-order valence-corrected chi connectivity index (χ1v) is 11.5. The summed E-state index contributed by atoms with van der Waals surface area (Å²) in [4.78, 5) is 30.4. The molecule has 0 unspecified atom stereocenters. The Morgan fingerprint density at radius 1 is 0.970 bits per heavy atom. The van der Waals surface area contributed by atoms with Gasteiger partial charge in [-0.1, -0.05) is 48.5 Å². The maximum absolute atomic E-state index is 13.3. The molecule has 0 bridgehead atoms. The number of hydrogen-bond donors (Lipinski definition) is 0. The van der Waals surface area contributed by atoms with E-state index >= 15 is 0 Å². The molecule has 0 aliphatic heterocycles. The molecule has 0 spiro atoms. The first-order chi connectivity index (χ1) is 16.0. The largest absolute Gasteiger partial charge is 0.383 e. The predicted molar refractivity (Wildman–Crippen MR) is 129 cm³/mol. The van der Waals surface area contributed by atoms with Crippen LogP contribution >= 0.6 is 11.3 Å². The molecule has 2 amide bonds. The Hall–Kier alpha value is -3.29. The average molecular weight is 467 g/mol. The molecule has 0 N–H and O–H groups in total. The summed E-state index contributed by atoms with van der Waals surface area (Å²) in [6.45, 7) is 1.28. The molecule has 5 nitrogen and oxygen atoms in total. The Kier molecular flexibility index (Phi) is 9.35. The van der Waals surface area contributed by atoms with Gasteiger partial charge in [0.2, 0.25) is 11.8 Å². The zero-order valence-corrected chi connectivity index (χ0v) is 19.3. The van der Waals surface area contributed by atoms with Gasteiger partial charge in [0.15, 0.2) is 0 Å². The monoisotopic (exact) mass is 466 g/mol. The number of methoxy groups -OCH3 is 1. The number of amides is 2. The standard InChI is InChI=1S/C26H27FN2O3S/c1-32-16-15-28(25(30)14-11-21-6-3-2-4-7-21)20-26(31)29(19-24-8-5-17-33-24)18-22-9-12-23(27)13-10-22/h2-14,17H,15-16,18-20H2,1H3. The Labute approximate surface area is 197 Å². The highest BCUT2D eigenvalue weighted by Crippen LogP contribution is 2.16. The molecule has 0 aliphatic carbocycles. The lowest BCUT2D eigenvalue weighted by Crippen LogP contribution is -2.43. The van der Waals surface area contributed by atoms with E-state index in [1.54, 1.807) is 41.6 Å². The molecule has 1 heterocycles. The lowest BCUT2D eigenvalue weighted by molar-refractivity contribution is -0.139. The third-order valence-electron chi connectivity index (χ3n) is 4.99. The van der Waals surface area contributed by atoms with Crippen molar-refractivity contribution in [3.05, 3.63) is 100 Å². The molecular weight excluding hydrogens is 439 g/mol. The maximum Gasteiger partial charge on any atom is 0.247 e. The highest BCUT2D eigenvalue weighted by molar-refractivity contribution is 7.09. The fraction of sp³-hybridized carbons (Fsp3) is 0.231. The van der Waals surface area contributed by atoms with Crippen molar-refractivity contribution < 1.29 is 18.7 Å². The minimum Gasteiger partial charge on any atom is -0.383 e. The van der Waals surface area contributed by atoms with Crippen LogP contribution in [-0.2, 0) is 27.4 Å². The van der Waals surface area contributed by atoms with E-state index < -0.39 is 0 Å². The van der Waals surface area contributed by atoms with Gasteiger partial charge in [-0.25, -0.2) is 4.39 Å². The number of ether oxygens (including phenoxy) is 1. The second-order valence-corrected chi connectivity index (χ2v) is 8.48. The smallest absolute Gasteiger partial charge is 0.247 e. The number of benzene rings is 2. The third kappa shape index (κ3) is 7.97. The van der Waals surface area contributed by atoms with Gasteiger partial charge in [-0.2, -0.15) is 0 Å². The molecule has 1 aromatic heterocycles. The van der Waals surface area contributed by atoms with Gasteiger partial charge in [0.05, 0.1) is 13.2 Å². The van der Waals surface area contributed by atoms with Crippen LogP contribution in [0.1, 0.15) is 16.0 Å². The highest BCUT2D eigenvalue weighted by atomic mass is 32.1. The first kappa shape index (κ1) is 24.4. The molecule has 2 aromatic carbocycles. The van der Waals surface area contributed by atoms with Crippen molar-refractivity contribution in [2.45, 2.75) is 13.1 Å². The molecule has 0 aliphatic rings. The van der Waals surface area contributed by atoms with Crippen molar-refractivity contribution in [1.29, 1.82) is 0 Å². The molecule has 0 radical (unpaired) electrons. The molecule has 0 atom stereocenters. The van der Waals surface area contributed by atoms with Crippen LogP contribution < -0.4 is 0 Å². The normalized spacial score (nSPS) is 11.0. The summed E-state index contributed by atoms with van der Waals surface area (Å²) >= 11 is 1.56. The number of thiophene rings is 1. The maximum atomic E-state index is 13.3. The number of halogens is 1. The minimum atomic E-state index is -0.323. The first-order valence-electron chi connectivity index (χ1n) is 10.6. The number of nitrogens with zero attached hydrogens (tertiary/aromatic N) is 2. The topological polar surface area (TPSA) is 49.9 Å². The van der Waals surface area contributed by atoms with Crippen molar-refractivity contribution in [2.75, 3.05) is 26.8 Å². The van der Waals surface area contributed by atoms with Crippen molar-refractivity contribution in [2.24, 2.45) is 0 Å². The Morgan fingerprint density at radius 3 is 2.39 bits per heavy atom. The molecule has 0 saturated heterocycles. The van der Waals surface area contributed by atoms with Crippen molar-refractivity contribution in [3.8, 4) is 0 Å². The van der Waals surface area contributed by atoms with E-state index in [9.17, 15) is 14.0 Å². The third-order valence-corrected chi connectivity index (χ3v) is 5.85. The van der Waals surface area contributed by atoms with E-state index in [2.05, 4.69) is 0 Å². The van der Waals surface area contributed by atoms with E-state index in [0.29, 0.717) is 26.2 Å². The highest BCUT2D eigenvalue weighted by Gasteiger charge is 2.21. The van der Waals surface area contributed by atoms with Gasteiger partial charge in [0.1, 0.15) is 12.4 Å². The van der Waals surface area contributed by atoms with Gasteiger partial charge in [-0.15, -0.1) is 11.3 Å². The van der Waals surface area contributed by atoms with E-state index in [4.69, 9.17) is 4.74 Å². The molecule has 3 rings (SSSR count). The van der Waals surface area contributed by atoms with Crippen molar-refractivity contribution in [3.63, 3.8) is 0 Å². The quantitative estimate of drug-likeness (QED) is 0.388. The van der Waals surface area contributed by atoms with Crippen LogP contribution in [0.25, 0.3) is 6.08 Å². The zero-order valence-electron chi connectivity index (χ0n) is 18.5. The SMILES string of the molecule is COCCN(CC(=O)N(Cc1ccc(F)cc1)Cc1cccs1)C(=O)C=Cc1ccccc1. The number of rotatable bonds is 11. The predicted octanol–water partition coefficient (Wildman–Crippen LogP) is 4.60. The van der Waals surface area contributed by atoms with Gasteiger partial charge in [0.25, 0.3) is 0 Å². The van der Waals surface area contributed by atoms with Gasteiger partial charge in [-0.05, 0) is 40.8 Å². The van der Waals surface area contributed by atoms with E-state index in [1.165, 1.54) is 23.1 Å². The minimum absolute atomic E-state index is 0.0755. The Morgan fingerprint density at radius 2 is 1.73 bits per heavy atom. The van der Waals surface area contributed by atoms with E-state index in [-0.39, 0.29) is 24.2 Å². The summed E-state index contributed by atoms with van der Waals surface area (Å²) in [7, 11) is 1.56. The molecule has 0 fully saturated rings. The molecule has 3 aromatic rings. The molecular formula is C26H27FN2O3S.